The fourth-order valence-electron chi connectivity index (χ4n) is 3.00. The van der Waals surface area contributed by atoms with E-state index in [9.17, 15) is 13.2 Å². The van der Waals surface area contributed by atoms with Crippen molar-refractivity contribution in [3.05, 3.63) is 47.9 Å². The summed E-state index contributed by atoms with van der Waals surface area (Å²) in [5.74, 6) is -1.00. The highest BCUT2D eigenvalue weighted by Crippen LogP contribution is 2.36. The molecule has 8 heteroatoms. The molecule has 1 atom stereocenters. The van der Waals surface area contributed by atoms with Crippen LogP contribution < -0.4 is 0 Å². The second kappa shape index (κ2) is 6.29. The molecule has 1 aliphatic heterocycles. The summed E-state index contributed by atoms with van der Waals surface area (Å²) in [6.07, 6.45) is 5.74. The van der Waals surface area contributed by atoms with Crippen LogP contribution in [0.25, 0.3) is 11.3 Å². The average Bonchev–Trinajstić information content (AvgIpc) is 3.05. The summed E-state index contributed by atoms with van der Waals surface area (Å²) < 4.78 is 25.4. The van der Waals surface area contributed by atoms with Crippen LogP contribution in [0.15, 0.2) is 36.7 Å². The smallest absolute Gasteiger partial charge is 0.335 e. The van der Waals surface area contributed by atoms with E-state index >= 15 is 0 Å². The van der Waals surface area contributed by atoms with E-state index in [0.29, 0.717) is 29.9 Å². The van der Waals surface area contributed by atoms with E-state index in [2.05, 4.69) is 9.97 Å². The molecule has 0 saturated carbocycles. The van der Waals surface area contributed by atoms with E-state index in [1.165, 1.54) is 22.7 Å². The number of nitrogens with zero attached hydrogens (tertiary/aromatic N) is 3. The first-order valence-corrected chi connectivity index (χ1v) is 9.34. The Morgan fingerprint density at radius 2 is 1.88 bits per heavy atom. The van der Waals surface area contributed by atoms with Crippen molar-refractivity contribution in [2.45, 2.75) is 18.9 Å². The molecule has 7 nitrogen and oxygen atoms in total. The molecular weight excluding hydrogens is 330 g/mol. The van der Waals surface area contributed by atoms with Crippen LogP contribution in [-0.4, -0.2) is 46.6 Å². The van der Waals surface area contributed by atoms with Gasteiger partial charge in [0.25, 0.3) is 0 Å². The van der Waals surface area contributed by atoms with Crippen LogP contribution in [0.4, 0.5) is 0 Å². The minimum absolute atomic E-state index is 0.183. The van der Waals surface area contributed by atoms with Gasteiger partial charge in [-0.2, -0.15) is 4.31 Å². The molecule has 0 bridgehead atoms. The van der Waals surface area contributed by atoms with Crippen molar-refractivity contribution < 1.29 is 18.3 Å². The SMILES string of the molecule is CS(=O)(=O)N1CCC[C@@H]1c1nccnc1-c1ccc(C(=O)O)cc1. The molecule has 1 N–H and O–H groups in total. The van der Waals surface area contributed by atoms with Gasteiger partial charge in [-0.3, -0.25) is 9.97 Å². The molecule has 1 saturated heterocycles. The maximum Gasteiger partial charge on any atom is 0.335 e. The molecule has 2 heterocycles. The molecule has 2 aromatic rings. The number of rotatable bonds is 4. The standard InChI is InChI=1S/C16H17N3O4S/c1-24(22,23)19-10-2-3-13(19)15-14(17-8-9-18-15)11-4-6-12(7-5-11)16(20)21/h4-9,13H,2-3,10H2,1H3,(H,20,21)/t13-/m1/s1. The first-order chi connectivity index (χ1) is 11.4. The molecule has 3 rings (SSSR count). The predicted molar refractivity (Wildman–Crippen MR) is 88.0 cm³/mol. The maximum absolute atomic E-state index is 12.0. The van der Waals surface area contributed by atoms with E-state index in [1.54, 1.807) is 24.5 Å². The van der Waals surface area contributed by atoms with E-state index in [0.717, 1.165) is 6.42 Å². The van der Waals surface area contributed by atoms with Gasteiger partial charge in [-0.1, -0.05) is 12.1 Å². The summed E-state index contributed by atoms with van der Waals surface area (Å²) in [7, 11) is -3.33. The van der Waals surface area contributed by atoms with Gasteiger partial charge in [0, 0.05) is 24.5 Å². The van der Waals surface area contributed by atoms with Crippen LogP contribution in [0.2, 0.25) is 0 Å². The van der Waals surface area contributed by atoms with Crippen molar-refractivity contribution in [2.75, 3.05) is 12.8 Å². The van der Waals surface area contributed by atoms with E-state index < -0.39 is 16.0 Å². The first kappa shape index (κ1) is 16.5. The summed E-state index contributed by atoms with van der Waals surface area (Å²) in [5, 5.41) is 9.00. The fourth-order valence-corrected chi connectivity index (χ4v) is 4.12. The third-order valence-corrected chi connectivity index (χ3v) is 5.37. The highest BCUT2D eigenvalue weighted by Gasteiger charge is 2.35. The lowest BCUT2D eigenvalue weighted by molar-refractivity contribution is 0.0697. The summed E-state index contributed by atoms with van der Waals surface area (Å²) in [5.41, 5.74) is 2.07. The second-order valence-corrected chi connectivity index (χ2v) is 7.64. The van der Waals surface area contributed by atoms with Crippen LogP contribution in [-0.2, 0) is 10.0 Å². The Morgan fingerprint density at radius 3 is 2.50 bits per heavy atom. The van der Waals surface area contributed by atoms with Gasteiger partial charge >= 0.3 is 5.97 Å². The van der Waals surface area contributed by atoms with Crippen molar-refractivity contribution in [2.24, 2.45) is 0 Å². The molecule has 0 radical (unpaired) electrons. The lowest BCUT2D eigenvalue weighted by Gasteiger charge is -2.23. The quantitative estimate of drug-likeness (QED) is 0.907. The molecule has 0 amide bonds. The predicted octanol–water partition coefficient (Wildman–Crippen LogP) is 1.94. The summed E-state index contributed by atoms with van der Waals surface area (Å²) in [6.45, 7) is 0.470. The van der Waals surface area contributed by atoms with Crippen molar-refractivity contribution in [1.82, 2.24) is 14.3 Å². The number of carboxylic acids is 1. The number of hydrogen-bond acceptors (Lipinski definition) is 5. The Labute approximate surface area is 140 Å². The van der Waals surface area contributed by atoms with Gasteiger partial charge in [-0.25, -0.2) is 13.2 Å². The summed E-state index contributed by atoms with van der Waals surface area (Å²) in [6, 6.07) is 5.98. The molecule has 1 fully saturated rings. The van der Waals surface area contributed by atoms with Crippen LogP contribution in [0.5, 0.6) is 0 Å². The topological polar surface area (TPSA) is 100 Å². The molecule has 126 valence electrons. The second-order valence-electron chi connectivity index (χ2n) is 5.70. The zero-order valence-corrected chi connectivity index (χ0v) is 13.9. The van der Waals surface area contributed by atoms with Gasteiger partial charge in [0.05, 0.1) is 29.2 Å². The molecule has 1 aliphatic rings. The number of aromatic carboxylic acids is 1. The molecule has 1 aromatic carbocycles. The Hall–Kier alpha value is -2.32. The van der Waals surface area contributed by atoms with Gasteiger partial charge in [-0.15, -0.1) is 0 Å². The monoisotopic (exact) mass is 347 g/mol. The van der Waals surface area contributed by atoms with Gasteiger partial charge in [0.2, 0.25) is 10.0 Å². The van der Waals surface area contributed by atoms with Gasteiger partial charge in [0.15, 0.2) is 0 Å². The zero-order chi connectivity index (χ0) is 17.3. The van der Waals surface area contributed by atoms with Crippen molar-refractivity contribution in [3.63, 3.8) is 0 Å². The van der Waals surface area contributed by atoms with Crippen LogP contribution in [0.1, 0.15) is 34.9 Å². The lowest BCUT2D eigenvalue weighted by atomic mass is 10.0. The largest absolute Gasteiger partial charge is 0.478 e. The molecule has 0 aliphatic carbocycles. The number of sulfonamides is 1. The molecular formula is C16H17N3O4S. The maximum atomic E-state index is 12.0. The third-order valence-electron chi connectivity index (χ3n) is 4.08. The van der Waals surface area contributed by atoms with Gasteiger partial charge in [-0.05, 0) is 25.0 Å². The van der Waals surface area contributed by atoms with Crippen molar-refractivity contribution >= 4 is 16.0 Å². The number of carbonyl (C=O) groups is 1. The highest BCUT2D eigenvalue weighted by atomic mass is 32.2. The van der Waals surface area contributed by atoms with Crippen LogP contribution in [0.3, 0.4) is 0 Å². The number of carboxylic acid groups (broad SMARTS) is 1. The Kier molecular flexibility index (Phi) is 4.33. The van der Waals surface area contributed by atoms with E-state index in [1.807, 2.05) is 0 Å². The van der Waals surface area contributed by atoms with Crippen LogP contribution >= 0.6 is 0 Å². The summed E-state index contributed by atoms with van der Waals surface area (Å²) >= 11 is 0. The highest BCUT2D eigenvalue weighted by molar-refractivity contribution is 7.88. The molecule has 1 aromatic heterocycles. The Morgan fingerprint density at radius 1 is 1.21 bits per heavy atom. The fraction of sp³-hybridized carbons (Fsp3) is 0.312. The van der Waals surface area contributed by atoms with Gasteiger partial charge < -0.3 is 5.11 Å². The minimum Gasteiger partial charge on any atom is -0.478 e. The van der Waals surface area contributed by atoms with Crippen LogP contribution in [0, 0.1) is 0 Å². The normalized spacial score (nSPS) is 18.6. The van der Waals surface area contributed by atoms with Gasteiger partial charge in [0.1, 0.15) is 0 Å². The molecule has 0 unspecified atom stereocenters. The minimum atomic E-state index is -3.33. The van der Waals surface area contributed by atoms with Crippen molar-refractivity contribution in [3.8, 4) is 11.3 Å². The van der Waals surface area contributed by atoms with Crippen molar-refractivity contribution in [1.29, 1.82) is 0 Å². The first-order valence-electron chi connectivity index (χ1n) is 7.49. The van der Waals surface area contributed by atoms with E-state index in [4.69, 9.17) is 5.11 Å². The average molecular weight is 347 g/mol. The Bertz CT molecular complexity index is 865. The van der Waals surface area contributed by atoms with E-state index in [-0.39, 0.29) is 11.6 Å². The number of benzene rings is 1. The Balaban J connectivity index is 2.04. The zero-order valence-electron chi connectivity index (χ0n) is 13.1. The lowest BCUT2D eigenvalue weighted by Crippen LogP contribution is -2.30. The molecule has 24 heavy (non-hydrogen) atoms. The number of hydrogen-bond donors (Lipinski definition) is 1. The number of aromatic nitrogens is 2. The third kappa shape index (κ3) is 3.15. The summed E-state index contributed by atoms with van der Waals surface area (Å²) in [4.78, 5) is 19.7. The molecule has 0 spiro atoms.